The van der Waals surface area contributed by atoms with Gasteiger partial charge in [-0.1, -0.05) is 104 Å². The number of hydrogen-bond acceptors (Lipinski definition) is 16. The van der Waals surface area contributed by atoms with E-state index in [2.05, 4.69) is 73.4 Å². The summed E-state index contributed by atoms with van der Waals surface area (Å²) in [6.07, 6.45) is 6.19. The number of nitrogens with zero attached hydrogens (tertiary/aromatic N) is 4. The predicted molar refractivity (Wildman–Crippen MR) is 399 cm³/mol. The topological polar surface area (TPSA) is 428 Å². The predicted octanol–water partition coefficient (Wildman–Crippen LogP) is 1.78. The highest BCUT2D eigenvalue weighted by Crippen LogP contribution is 2.22. The van der Waals surface area contributed by atoms with Gasteiger partial charge in [0.2, 0.25) is 65.0 Å². The molecule has 1 saturated heterocycles. The van der Waals surface area contributed by atoms with Gasteiger partial charge in [-0.2, -0.15) is 0 Å². The first-order valence-electron chi connectivity index (χ1n) is 35.5. The van der Waals surface area contributed by atoms with Crippen LogP contribution in [0.5, 0.6) is 5.75 Å². The summed E-state index contributed by atoms with van der Waals surface area (Å²) in [4.78, 5) is 171. The van der Waals surface area contributed by atoms with E-state index >= 15 is 9.59 Å². The van der Waals surface area contributed by atoms with Crippen LogP contribution >= 0.6 is 11.6 Å². The van der Waals surface area contributed by atoms with Crippen LogP contribution in [0.2, 0.25) is 5.02 Å². The zero-order valence-corrected chi connectivity index (χ0v) is 61.1. The number of fused-ring (bicyclic) bond motifs is 1. The molecule has 29 nitrogen and oxygen atoms in total. The highest BCUT2D eigenvalue weighted by atomic mass is 35.5. The van der Waals surface area contributed by atoms with Gasteiger partial charge in [0.05, 0.1) is 6.61 Å². The SMILES string of the molecule is CCN=C(NCC)NCCC[C@H](NC(=O)[C@H](CC(C)C)NC(=O)[C@@H](Cc1cccnc1)NC(=O)[C@H](Cc1ccc(O)cc1)NC(=O)[C@H](CO)NC(=O)[C@@H](Cc1cccnc1)NC(=O)[C@@H](Cc1ccc(Cl)cc1)NC(=O)[C@@H](Cc1ccc2ccccc2c1)NC(C)=O)C(=O)N1CCC[C@H]1C(=O)N[C@H](C)C(N)=O. The maximum Gasteiger partial charge on any atom is 0.245 e. The Balaban J connectivity index is 1.13. The Morgan fingerprint density at radius 1 is 0.557 bits per heavy atom. The van der Waals surface area contributed by atoms with E-state index in [4.69, 9.17) is 17.3 Å². The summed E-state index contributed by atoms with van der Waals surface area (Å²) >= 11 is 6.25. The van der Waals surface area contributed by atoms with Crippen molar-refractivity contribution in [1.29, 1.82) is 0 Å². The second-order valence-corrected chi connectivity index (χ2v) is 26.9. The maximum absolute atomic E-state index is 15.1. The first-order chi connectivity index (χ1) is 50.8. The van der Waals surface area contributed by atoms with E-state index in [0.29, 0.717) is 71.3 Å². The smallest absolute Gasteiger partial charge is 0.245 e. The molecule has 1 aliphatic rings. The normalized spacial score (nSPS) is 15.3. The molecule has 106 heavy (non-hydrogen) atoms. The van der Waals surface area contributed by atoms with Gasteiger partial charge < -0.3 is 79.3 Å². The molecule has 2 aromatic heterocycles. The lowest BCUT2D eigenvalue weighted by Gasteiger charge is -2.31. The lowest BCUT2D eigenvalue weighted by Crippen LogP contribution is -2.62. The molecule has 10 atom stereocenters. The van der Waals surface area contributed by atoms with Gasteiger partial charge in [0, 0.05) is 95.0 Å². The highest BCUT2D eigenvalue weighted by Gasteiger charge is 2.40. The monoisotopic (exact) mass is 1480 g/mol. The van der Waals surface area contributed by atoms with Gasteiger partial charge in [-0.25, -0.2) is 0 Å². The number of carbonyl (C=O) groups excluding carboxylic acids is 11. The standard InChI is InChI=1S/C76H97ClN16O13/c1-7-81-76(82-8-2)83-33-13-19-57(75(106)93-34-14-20-65(93)74(105)84-46(5)66(78)97)86-67(98)58(35-45(3)4)87-71(102)62(40-51-15-11-31-79-42-51)89-70(101)61(38-49-24-29-56(96)30-25-49)91-73(104)64(44-94)92-72(103)63(41-52-16-12-32-80-43-52)90-69(100)60(37-48-22-27-55(77)28-23-48)88-68(99)59(85-47(6)95)39-50-21-26-53-17-9-10-18-54(53)36-50/h9-12,15-18,21-32,36,42-43,45-46,57-65,94,96H,7-8,13-14,19-20,33-35,37-41,44H2,1-6H3,(H2,78,97)(H,84,105)(H,85,95)(H,86,98)(H,87,102)(H,88,99)(H,89,101)(H,90,100)(H,91,104)(H,92,103)(H2,81,82,83)/t46-,57+,58+,59-,60-,61+,62-,63-,64+,65+/m1/s1. The fraction of sp³-hybridized carbons (Fsp3) is 0.421. The van der Waals surface area contributed by atoms with Crippen molar-refractivity contribution in [2.75, 3.05) is 32.8 Å². The number of phenolic OH excluding ortho intramolecular Hbond substituents is 1. The third kappa shape index (κ3) is 26.0. The lowest BCUT2D eigenvalue weighted by atomic mass is 9.99. The number of aromatic hydroxyl groups is 1. The van der Waals surface area contributed by atoms with Gasteiger partial charge in [-0.15, -0.1) is 0 Å². The molecular formula is C76H97ClN16O13. The second kappa shape index (κ2) is 41.4. The van der Waals surface area contributed by atoms with E-state index < -0.39 is 132 Å². The fourth-order valence-electron chi connectivity index (χ4n) is 12.1. The number of primary amides is 1. The van der Waals surface area contributed by atoms with E-state index in [1.165, 1.54) is 67.8 Å². The largest absolute Gasteiger partial charge is 0.508 e. The van der Waals surface area contributed by atoms with E-state index in [9.17, 15) is 53.4 Å². The van der Waals surface area contributed by atoms with Crippen LogP contribution in [0.25, 0.3) is 10.8 Å². The molecule has 1 fully saturated rings. The minimum atomic E-state index is -1.82. The van der Waals surface area contributed by atoms with E-state index in [1.807, 2.05) is 70.2 Å². The highest BCUT2D eigenvalue weighted by molar-refractivity contribution is 6.30. The van der Waals surface area contributed by atoms with Gasteiger partial charge >= 0.3 is 0 Å². The lowest BCUT2D eigenvalue weighted by molar-refractivity contribution is -0.142. The zero-order valence-electron chi connectivity index (χ0n) is 60.4. The molecule has 566 valence electrons. The fourth-order valence-corrected chi connectivity index (χ4v) is 12.2. The summed E-state index contributed by atoms with van der Waals surface area (Å²) in [5.74, 6) is -8.55. The molecule has 0 aliphatic carbocycles. The van der Waals surface area contributed by atoms with Crippen molar-refractivity contribution >= 4 is 93.3 Å². The summed E-state index contributed by atoms with van der Waals surface area (Å²) in [6, 6.07) is 18.3. The van der Waals surface area contributed by atoms with Gasteiger partial charge in [-0.3, -0.25) is 67.7 Å². The Hall–Kier alpha value is -11.1. The molecule has 30 heteroatoms. The zero-order chi connectivity index (χ0) is 76.8. The summed E-state index contributed by atoms with van der Waals surface area (Å²) in [6.45, 7) is 10.6. The van der Waals surface area contributed by atoms with Crippen LogP contribution in [0.3, 0.4) is 0 Å². The molecule has 7 rings (SSSR count). The van der Waals surface area contributed by atoms with Gasteiger partial charge in [0.1, 0.15) is 66.2 Å². The Morgan fingerprint density at radius 3 is 1.53 bits per heavy atom. The van der Waals surface area contributed by atoms with E-state index in [-0.39, 0.29) is 69.6 Å². The number of likely N-dealkylation sites (tertiary alicyclic amines) is 1. The molecule has 11 amide bonds. The first kappa shape index (κ1) is 82.2. The third-order valence-electron chi connectivity index (χ3n) is 17.6. The van der Waals surface area contributed by atoms with Crippen LogP contribution in [-0.4, -0.2) is 189 Å². The molecule has 0 unspecified atom stereocenters. The van der Waals surface area contributed by atoms with Crippen LogP contribution in [0.1, 0.15) is 101 Å². The quantitative estimate of drug-likeness (QED) is 0.0149. The molecule has 1 aliphatic heterocycles. The van der Waals surface area contributed by atoms with Crippen LogP contribution in [0.4, 0.5) is 0 Å². The average Bonchev–Trinajstić information content (AvgIpc) is 1.86. The van der Waals surface area contributed by atoms with Crippen LogP contribution < -0.4 is 64.2 Å². The molecule has 0 bridgehead atoms. The van der Waals surface area contributed by atoms with Crippen LogP contribution in [0.15, 0.2) is 145 Å². The Morgan fingerprint density at radius 2 is 1.03 bits per heavy atom. The average molecular weight is 1480 g/mol. The first-order valence-corrected chi connectivity index (χ1v) is 35.9. The number of aliphatic hydroxyl groups excluding tert-OH is 1. The molecule has 6 aromatic rings. The van der Waals surface area contributed by atoms with Crippen molar-refractivity contribution in [3.8, 4) is 5.75 Å². The van der Waals surface area contributed by atoms with Crippen molar-refractivity contribution in [3.05, 3.63) is 173 Å². The number of nitrogens with one attached hydrogen (secondary N) is 11. The third-order valence-corrected chi connectivity index (χ3v) is 17.8. The molecule has 0 spiro atoms. The van der Waals surface area contributed by atoms with Crippen LogP contribution in [0, 0.1) is 5.92 Å². The minimum absolute atomic E-state index is 0.0294. The van der Waals surface area contributed by atoms with Crippen molar-refractivity contribution < 1.29 is 63.0 Å². The number of aliphatic imine (C=N–C) groups is 1. The van der Waals surface area contributed by atoms with Crippen molar-refractivity contribution in [1.82, 2.24) is 73.4 Å². The molecule has 0 saturated carbocycles. The number of guanidine groups is 1. The molecule has 0 radical (unpaired) electrons. The molecular weight excluding hydrogens is 1380 g/mol. The number of halogens is 1. The summed E-state index contributed by atoms with van der Waals surface area (Å²) in [7, 11) is 0. The van der Waals surface area contributed by atoms with E-state index in [1.54, 1.807) is 48.5 Å². The number of amides is 11. The number of hydrogen-bond donors (Lipinski definition) is 14. The number of rotatable bonds is 38. The maximum atomic E-state index is 15.1. The Labute approximate surface area is 621 Å². The van der Waals surface area contributed by atoms with Crippen molar-refractivity contribution in [3.63, 3.8) is 0 Å². The summed E-state index contributed by atoms with van der Waals surface area (Å²) < 4.78 is 0. The minimum Gasteiger partial charge on any atom is -0.508 e. The van der Waals surface area contributed by atoms with Gasteiger partial charge in [0.25, 0.3) is 0 Å². The molecule has 3 heterocycles. The number of nitrogens with two attached hydrogens (primary N) is 1. The van der Waals surface area contributed by atoms with Gasteiger partial charge in [-0.05, 0) is 134 Å². The van der Waals surface area contributed by atoms with Gasteiger partial charge in [0.15, 0.2) is 5.96 Å². The number of phenols is 1. The van der Waals surface area contributed by atoms with Crippen LogP contribution in [-0.2, 0) is 84.8 Å². The summed E-state index contributed by atoms with van der Waals surface area (Å²) in [5.41, 5.74) is 8.02. The number of pyridine rings is 2. The number of aromatic nitrogens is 2. The number of benzene rings is 4. The van der Waals surface area contributed by atoms with Crippen molar-refractivity contribution in [2.24, 2.45) is 16.6 Å². The number of aliphatic hydroxyl groups is 1. The summed E-state index contributed by atoms with van der Waals surface area (Å²) in [5, 5.41) is 54.2. The molecule has 15 N–H and O–H groups in total. The second-order valence-electron chi connectivity index (χ2n) is 26.5. The Bertz CT molecular complexity index is 4010. The molecule has 4 aromatic carbocycles. The van der Waals surface area contributed by atoms with E-state index in [0.717, 1.165) is 10.8 Å². The number of carbonyl (C=O) groups is 11. The Kier molecular flexibility index (Phi) is 32.1. The van der Waals surface area contributed by atoms with Crippen molar-refractivity contribution in [2.45, 2.75) is 166 Å².